The summed E-state index contributed by atoms with van der Waals surface area (Å²) in [6.45, 7) is 0. The number of nitrogens with two attached hydrogens (primary N) is 1. The molecule has 0 atom stereocenters. The van der Waals surface area contributed by atoms with Crippen LogP contribution in [-0.2, 0) is 17.0 Å². The number of methoxy groups -OCH3 is 1. The number of hydrogen-bond acceptors (Lipinski definition) is 8. The van der Waals surface area contributed by atoms with Crippen molar-refractivity contribution < 1.29 is 14.1 Å². The number of nitrogen functional groups attached to an aromatic ring is 1. The van der Waals surface area contributed by atoms with E-state index < -0.39 is 0 Å². The minimum atomic E-state index is -0.269. The number of anilines is 1. The summed E-state index contributed by atoms with van der Waals surface area (Å²) in [5, 5.41) is 7.28. The van der Waals surface area contributed by atoms with Crippen LogP contribution in [0.25, 0.3) is 11.3 Å². The van der Waals surface area contributed by atoms with Gasteiger partial charge >= 0.3 is 0 Å². The molecular formula is C21H20N6O3S. The molecule has 0 radical (unpaired) electrons. The Bertz CT molecular complexity index is 1170. The van der Waals surface area contributed by atoms with Gasteiger partial charge in [-0.2, -0.15) is 4.98 Å². The summed E-state index contributed by atoms with van der Waals surface area (Å²) in [6.07, 6.45) is 1.75. The van der Waals surface area contributed by atoms with Crippen molar-refractivity contribution in [3.05, 3.63) is 72.5 Å². The zero-order valence-electron chi connectivity index (χ0n) is 16.7. The number of nitrogens with one attached hydrogen (secondary N) is 1. The van der Waals surface area contributed by atoms with Crippen LogP contribution in [0.4, 0.5) is 5.69 Å². The highest BCUT2D eigenvalue weighted by Gasteiger charge is 2.15. The van der Waals surface area contributed by atoms with Crippen molar-refractivity contribution in [2.45, 2.75) is 17.3 Å². The normalized spacial score (nSPS) is 10.7. The molecule has 0 aliphatic heterocycles. The van der Waals surface area contributed by atoms with E-state index in [4.69, 9.17) is 15.1 Å². The maximum atomic E-state index is 12.3. The van der Waals surface area contributed by atoms with E-state index in [0.29, 0.717) is 34.1 Å². The number of imidazole rings is 1. The van der Waals surface area contributed by atoms with Crippen molar-refractivity contribution in [2.24, 2.45) is 0 Å². The second kappa shape index (κ2) is 9.35. The van der Waals surface area contributed by atoms with Gasteiger partial charge in [0.15, 0.2) is 11.0 Å². The van der Waals surface area contributed by atoms with Crippen LogP contribution in [0.15, 0.2) is 70.5 Å². The summed E-state index contributed by atoms with van der Waals surface area (Å²) < 4.78 is 11.9. The van der Waals surface area contributed by atoms with Crippen LogP contribution in [0.3, 0.4) is 0 Å². The van der Waals surface area contributed by atoms with E-state index in [1.807, 2.05) is 42.5 Å². The lowest BCUT2D eigenvalue weighted by molar-refractivity contribution is -0.115. The zero-order valence-corrected chi connectivity index (χ0v) is 17.5. The summed E-state index contributed by atoms with van der Waals surface area (Å²) in [6, 6.07) is 16.9. The third kappa shape index (κ3) is 5.04. The number of hydrogen-bond donors (Lipinski definition) is 2. The molecule has 158 valence electrons. The number of para-hydroxylation sites is 2. The number of ether oxygens (including phenoxy) is 1. The molecule has 0 aliphatic rings. The molecule has 0 fully saturated rings. The maximum Gasteiger partial charge on any atom is 0.237 e. The predicted molar refractivity (Wildman–Crippen MR) is 117 cm³/mol. The van der Waals surface area contributed by atoms with Gasteiger partial charge in [-0.15, -0.1) is 0 Å². The Morgan fingerprint density at radius 2 is 1.94 bits per heavy atom. The average molecular weight is 436 g/mol. The Balaban J connectivity index is 1.34. The highest BCUT2D eigenvalue weighted by atomic mass is 32.2. The van der Waals surface area contributed by atoms with Gasteiger partial charge in [0, 0.05) is 5.56 Å². The van der Waals surface area contributed by atoms with E-state index >= 15 is 0 Å². The third-order valence-electron chi connectivity index (χ3n) is 4.30. The van der Waals surface area contributed by atoms with Crippen molar-refractivity contribution >= 4 is 23.4 Å². The van der Waals surface area contributed by atoms with Crippen molar-refractivity contribution in [1.82, 2.24) is 19.8 Å². The van der Waals surface area contributed by atoms with Crippen molar-refractivity contribution in [1.29, 1.82) is 0 Å². The number of amides is 1. The first-order valence-corrected chi connectivity index (χ1v) is 10.4. The molecule has 4 aromatic rings. The molecule has 0 bridgehead atoms. The number of rotatable bonds is 8. The molecule has 0 aliphatic carbocycles. The Labute approximate surface area is 182 Å². The first-order valence-electron chi connectivity index (χ1n) is 9.39. The van der Waals surface area contributed by atoms with Crippen LogP contribution >= 0.6 is 11.8 Å². The highest BCUT2D eigenvalue weighted by Crippen LogP contribution is 2.25. The minimum Gasteiger partial charge on any atom is -0.495 e. The smallest absolute Gasteiger partial charge is 0.237 e. The summed E-state index contributed by atoms with van der Waals surface area (Å²) in [5.41, 5.74) is 2.35. The molecule has 4 rings (SSSR count). The molecule has 3 N–H and O–H groups in total. The first-order chi connectivity index (χ1) is 15.1. The van der Waals surface area contributed by atoms with Gasteiger partial charge in [-0.1, -0.05) is 59.4 Å². The quantitative estimate of drug-likeness (QED) is 0.319. The summed E-state index contributed by atoms with van der Waals surface area (Å²) in [5.74, 6) is 7.38. The van der Waals surface area contributed by atoms with Crippen LogP contribution in [0.5, 0.6) is 5.75 Å². The zero-order chi connectivity index (χ0) is 21.6. The van der Waals surface area contributed by atoms with Crippen molar-refractivity contribution in [3.63, 3.8) is 0 Å². The van der Waals surface area contributed by atoms with E-state index in [9.17, 15) is 4.79 Å². The number of carbonyl (C=O) groups is 1. The largest absolute Gasteiger partial charge is 0.495 e. The van der Waals surface area contributed by atoms with Gasteiger partial charge in [-0.25, -0.2) is 9.66 Å². The molecule has 10 heteroatoms. The topological polar surface area (TPSA) is 121 Å². The SMILES string of the molecule is COc1ccccc1NC(=O)Cc1noc(CSc2nc(-c3ccccc3)cn2N)n1. The number of carbonyl (C=O) groups excluding carboxylic acids is 1. The highest BCUT2D eigenvalue weighted by molar-refractivity contribution is 7.98. The monoisotopic (exact) mass is 436 g/mol. The number of thioether (sulfide) groups is 1. The Morgan fingerprint density at radius 1 is 1.16 bits per heavy atom. The second-order valence-corrected chi connectivity index (χ2v) is 7.44. The summed E-state index contributed by atoms with van der Waals surface area (Å²) in [4.78, 5) is 21.1. The predicted octanol–water partition coefficient (Wildman–Crippen LogP) is 3.13. The third-order valence-corrected chi connectivity index (χ3v) is 5.25. The number of nitrogens with zero attached hydrogens (tertiary/aromatic N) is 4. The molecule has 2 heterocycles. The van der Waals surface area contributed by atoms with Gasteiger partial charge in [-0.3, -0.25) is 4.79 Å². The molecule has 0 saturated carbocycles. The van der Waals surface area contributed by atoms with Crippen LogP contribution in [0, 0.1) is 0 Å². The molecule has 2 aromatic carbocycles. The lowest BCUT2D eigenvalue weighted by atomic mass is 10.2. The fourth-order valence-corrected chi connectivity index (χ4v) is 3.60. The lowest BCUT2D eigenvalue weighted by Crippen LogP contribution is -2.15. The molecule has 31 heavy (non-hydrogen) atoms. The Hall–Kier alpha value is -3.79. The Morgan fingerprint density at radius 3 is 2.74 bits per heavy atom. The first kappa shape index (κ1) is 20.5. The van der Waals surface area contributed by atoms with Gasteiger partial charge in [0.1, 0.15) is 5.75 Å². The summed E-state index contributed by atoms with van der Waals surface area (Å²) >= 11 is 1.37. The second-order valence-electron chi connectivity index (χ2n) is 6.50. The van der Waals surface area contributed by atoms with Crippen LogP contribution in [0.1, 0.15) is 11.7 Å². The van der Waals surface area contributed by atoms with Gasteiger partial charge in [0.05, 0.1) is 36.9 Å². The van der Waals surface area contributed by atoms with E-state index in [-0.39, 0.29) is 12.3 Å². The number of benzene rings is 2. The fraction of sp³-hybridized carbons (Fsp3) is 0.143. The van der Waals surface area contributed by atoms with Gasteiger partial charge < -0.3 is 20.4 Å². The van der Waals surface area contributed by atoms with Crippen molar-refractivity contribution in [3.8, 4) is 17.0 Å². The van der Waals surface area contributed by atoms with Gasteiger partial charge in [-0.05, 0) is 12.1 Å². The van der Waals surface area contributed by atoms with Gasteiger partial charge in [0.25, 0.3) is 0 Å². The van der Waals surface area contributed by atoms with Crippen LogP contribution in [0.2, 0.25) is 0 Å². The lowest BCUT2D eigenvalue weighted by Gasteiger charge is -2.08. The van der Waals surface area contributed by atoms with Crippen LogP contribution < -0.4 is 15.9 Å². The molecule has 2 aromatic heterocycles. The fourth-order valence-electron chi connectivity index (χ4n) is 2.86. The van der Waals surface area contributed by atoms with Gasteiger partial charge in [0.2, 0.25) is 11.8 Å². The average Bonchev–Trinajstić information content (AvgIpc) is 3.39. The van der Waals surface area contributed by atoms with E-state index in [2.05, 4.69) is 20.4 Å². The van der Waals surface area contributed by atoms with Crippen molar-refractivity contribution in [2.75, 3.05) is 18.3 Å². The standard InChI is InChI=1S/C21H20N6O3S/c1-29-17-10-6-5-9-15(17)23-19(28)11-18-25-20(30-26-18)13-31-21-24-16(12-27(21)22)14-7-3-2-4-8-14/h2-10,12H,11,13,22H2,1H3,(H,23,28). The summed E-state index contributed by atoms with van der Waals surface area (Å²) in [7, 11) is 1.55. The molecule has 9 nitrogen and oxygen atoms in total. The molecule has 0 spiro atoms. The molecular weight excluding hydrogens is 416 g/mol. The van der Waals surface area contributed by atoms with E-state index in [1.54, 1.807) is 25.4 Å². The van der Waals surface area contributed by atoms with Crippen LogP contribution in [-0.4, -0.2) is 32.8 Å². The number of aromatic nitrogens is 4. The molecule has 0 unspecified atom stereocenters. The minimum absolute atomic E-state index is 0.0180. The maximum absolute atomic E-state index is 12.3. The molecule has 1 amide bonds. The molecule has 0 saturated heterocycles. The van der Waals surface area contributed by atoms with E-state index in [1.165, 1.54) is 16.4 Å². The van der Waals surface area contributed by atoms with E-state index in [0.717, 1.165) is 11.3 Å². The Kier molecular flexibility index (Phi) is 6.18.